The van der Waals surface area contributed by atoms with Crippen LogP contribution in [-0.4, -0.2) is 54.4 Å². The molecule has 1 N–H and O–H groups in total. The molecule has 1 aromatic carbocycles. The molecule has 8 heteroatoms. The molecule has 1 fully saturated rings. The summed E-state index contributed by atoms with van der Waals surface area (Å²) in [5, 5.41) is 2.69. The van der Waals surface area contributed by atoms with E-state index in [1.54, 1.807) is 20.8 Å². The number of hydrogen-bond acceptors (Lipinski definition) is 6. The summed E-state index contributed by atoms with van der Waals surface area (Å²) in [5.41, 5.74) is 0.166. The summed E-state index contributed by atoms with van der Waals surface area (Å²) < 4.78 is 15.3. The zero-order valence-electron chi connectivity index (χ0n) is 16.1. The Hall–Kier alpha value is -2.77. The van der Waals surface area contributed by atoms with E-state index in [-0.39, 0.29) is 19.6 Å². The molecule has 1 heterocycles. The predicted octanol–water partition coefficient (Wildman–Crippen LogP) is 2.46. The molecule has 1 saturated heterocycles. The summed E-state index contributed by atoms with van der Waals surface area (Å²) in [4.78, 5) is 37.7. The molecule has 0 aromatic heterocycles. The molecule has 0 radical (unpaired) electrons. The molecule has 1 aliphatic rings. The van der Waals surface area contributed by atoms with Crippen LogP contribution in [0, 0.1) is 0 Å². The number of carbonyl (C=O) groups is 3. The van der Waals surface area contributed by atoms with Gasteiger partial charge in [-0.2, -0.15) is 0 Å². The molecule has 27 heavy (non-hydrogen) atoms. The standard InChI is InChI=1S/C19H26N2O6/c1-19(2,3)27-18(24)21-11-14(10-15(21)16(22)25-4)20-17(23)26-12-13-8-6-5-7-9-13/h5-9,14-15H,10-12H2,1-4H3,(H,20,23)/t14?,15-/m0/s1. The van der Waals surface area contributed by atoms with Crippen molar-refractivity contribution in [2.45, 2.75) is 51.5 Å². The van der Waals surface area contributed by atoms with E-state index in [4.69, 9.17) is 14.2 Å². The van der Waals surface area contributed by atoms with Gasteiger partial charge in [-0.3, -0.25) is 4.90 Å². The molecule has 1 unspecified atom stereocenters. The molecule has 0 aliphatic carbocycles. The van der Waals surface area contributed by atoms with Crippen molar-refractivity contribution in [1.82, 2.24) is 10.2 Å². The van der Waals surface area contributed by atoms with Crippen molar-refractivity contribution < 1.29 is 28.6 Å². The summed E-state index contributed by atoms with van der Waals surface area (Å²) in [7, 11) is 1.25. The second kappa shape index (κ2) is 8.75. The fourth-order valence-corrected chi connectivity index (χ4v) is 2.75. The largest absolute Gasteiger partial charge is 0.467 e. The molecule has 2 amide bonds. The normalized spacial score (nSPS) is 19.3. The SMILES string of the molecule is COC(=O)[C@@H]1CC(NC(=O)OCc2ccccc2)CN1C(=O)OC(C)(C)C. The third kappa shape index (κ3) is 6.16. The minimum Gasteiger partial charge on any atom is -0.467 e. The number of ether oxygens (including phenoxy) is 3. The minimum absolute atomic E-state index is 0.134. The quantitative estimate of drug-likeness (QED) is 0.639. The summed E-state index contributed by atoms with van der Waals surface area (Å²) >= 11 is 0. The molecule has 148 valence electrons. The maximum atomic E-state index is 12.4. The van der Waals surface area contributed by atoms with Gasteiger partial charge in [0.2, 0.25) is 0 Å². The Bertz CT molecular complexity index is 671. The van der Waals surface area contributed by atoms with E-state index in [0.29, 0.717) is 0 Å². The van der Waals surface area contributed by atoms with E-state index in [0.717, 1.165) is 5.56 Å². The molecule has 0 spiro atoms. The van der Waals surface area contributed by atoms with Gasteiger partial charge in [0.25, 0.3) is 0 Å². The number of nitrogens with zero attached hydrogens (tertiary/aromatic N) is 1. The molecule has 0 saturated carbocycles. The van der Waals surface area contributed by atoms with Gasteiger partial charge in [-0.15, -0.1) is 0 Å². The molecule has 1 aliphatic heterocycles. The monoisotopic (exact) mass is 378 g/mol. The van der Waals surface area contributed by atoms with Crippen LogP contribution in [0.2, 0.25) is 0 Å². The molecule has 1 aromatic rings. The number of alkyl carbamates (subject to hydrolysis) is 1. The van der Waals surface area contributed by atoms with Crippen LogP contribution in [-0.2, 0) is 25.6 Å². The second-order valence-electron chi connectivity index (χ2n) is 7.31. The summed E-state index contributed by atoms with van der Waals surface area (Å²) in [6, 6.07) is 8.02. The van der Waals surface area contributed by atoms with Crippen molar-refractivity contribution >= 4 is 18.2 Å². The Morgan fingerprint density at radius 2 is 1.85 bits per heavy atom. The topological polar surface area (TPSA) is 94.2 Å². The number of methoxy groups -OCH3 is 1. The molecule has 8 nitrogen and oxygen atoms in total. The van der Waals surface area contributed by atoms with Crippen molar-refractivity contribution in [3.05, 3.63) is 35.9 Å². The third-order valence-corrected chi connectivity index (χ3v) is 3.94. The van der Waals surface area contributed by atoms with Gasteiger partial charge in [0, 0.05) is 13.0 Å². The van der Waals surface area contributed by atoms with Gasteiger partial charge in [-0.05, 0) is 26.3 Å². The molecule has 2 atom stereocenters. The summed E-state index contributed by atoms with van der Waals surface area (Å²) in [6.07, 6.45) is -1.01. The van der Waals surface area contributed by atoms with Gasteiger partial charge in [0.05, 0.1) is 13.2 Å². The number of esters is 1. The summed E-state index contributed by atoms with van der Waals surface area (Å²) in [5.74, 6) is -0.553. The van der Waals surface area contributed by atoms with Crippen LogP contribution in [0.3, 0.4) is 0 Å². The van der Waals surface area contributed by atoms with Crippen LogP contribution in [0.15, 0.2) is 30.3 Å². The number of benzene rings is 1. The van der Waals surface area contributed by atoms with Crippen LogP contribution in [0.5, 0.6) is 0 Å². The van der Waals surface area contributed by atoms with Crippen LogP contribution < -0.4 is 5.32 Å². The van der Waals surface area contributed by atoms with Crippen molar-refractivity contribution in [1.29, 1.82) is 0 Å². The number of nitrogens with one attached hydrogen (secondary N) is 1. The Morgan fingerprint density at radius 3 is 2.44 bits per heavy atom. The number of carbonyl (C=O) groups excluding carboxylic acids is 3. The van der Waals surface area contributed by atoms with Gasteiger partial charge in [0.1, 0.15) is 18.2 Å². The van der Waals surface area contributed by atoms with E-state index < -0.39 is 35.8 Å². The summed E-state index contributed by atoms with van der Waals surface area (Å²) in [6.45, 7) is 5.49. The lowest BCUT2D eigenvalue weighted by atomic mass is 10.2. The van der Waals surface area contributed by atoms with Gasteiger partial charge in [0.15, 0.2) is 0 Å². The van der Waals surface area contributed by atoms with Crippen molar-refractivity contribution in [2.75, 3.05) is 13.7 Å². The van der Waals surface area contributed by atoms with Crippen molar-refractivity contribution in [3.63, 3.8) is 0 Å². The number of likely N-dealkylation sites (tertiary alicyclic amines) is 1. The first-order valence-corrected chi connectivity index (χ1v) is 8.74. The van der Waals surface area contributed by atoms with Crippen LogP contribution >= 0.6 is 0 Å². The highest BCUT2D eigenvalue weighted by atomic mass is 16.6. The van der Waals surface area contributed by atoms with E-state index in [1.807, 2.05) is 30.3 Å². The first-order valence-electron chi connectivity index (χ1n) is 8.74. The zero-order chi connectivity index (χ0) is 20.0. The van der Waals surface area contributed by atoms with Gasteiger partial charge >= 0.3 is 18.2 Å². The minimum atomic E-state index is -0.815. The maximum absolute atomic E-state index is 12.4. The lowest BCUT2D eigenvalue weighted by molar-refractivity contribution is -0.145. The molecular formula is C19H26N2O6. The van der Waals surface area contributed by atoms with Gasteiger partial charge < -0.3 is 19.5 Å². The second-order valence-corrected chi connectivity index (χ2v) is 7.31. The Labute approximate surface area is 158 Å². The maximum Gasteiger partial charge on any atom is 0.411 e. The van der Waals surface area contributed by atoms with Crippen molar-refractivity contribution in [3.8, 4) is 0 Å². The first kappa shape index (κ1) is 20.5. The third-order valence-electron chi connectivity index (χ3n) is 3.94. The van der Waals surface area contributed by atoms with Crippen LogP contribution in [0.25, 0.3) is 0 Å². The smallest absolute Gasteiger partial charge is 0.411 e. The van der Waals surface area contributed by atoms with E-state index in [1.165, 1.54) is 12.0 Å². The Kier molecular flexibility index (Phi) is 6.65. The van der Waals surface area contributed by atoms with Crippen LogP contribution in [0.4, 0.5) is 9.59 Å². The highest BCUT2D eigenvalue weighted by Gasteiger charge is 2.42. The van der Waals surface area contributed by atoms with Gasteiger partial charge in [-0.25, -0.2) is 14.4 Å². The van der Waals surface area contributed by atoms with Crippen LogP contribution in [0.1, 0.15) is 32.8 Å². The fraction of sp³-hybridized carbons (Fsp3) is 0.526. The van der Waals surface area contributed by atoms with Gasteiger partial charge in [-0.1, -0.05) is 30.3 Å². The molecule has 0 bridgehead atoms. The van der Waals surface area contributed by atoms with E-state index >= 15 is 0 Å². The number of amides is 2. The Morgan fingerprint density at radius 1 is 1.19 bits per heavy atom. The highest BCUT2D eigenvalue weighted by Crippen LogP contribution is 2.22. The lowest BCUT2D eigenvalue weighted by Crippen LogP contribution is -2.44. The average Bonchev–Trinajstić information content (AvgIpc) is 3.02. The van der Waals surface area contributed by atoms with E-state index in [9.17, 15) is 14.4 Å². The highest BCUT2D eigenvalue weighted by molar-refractivity contribution is 5.82. The van der Waals surface area contributed by atoms with Crippen molar-refractivity contribution in [2.24, 2.45) is 0 Å². The first-order chi connectivity index (χ1) is 12.7. The van der Waals surface area contributed by atoms with E-state index in [2.05, 4.69) is 5.32 Å². The lowest BCUT2D eigenvalue weighted by Gasteiger charge is -2.27. The average molecular weight is 378 g/mol. The predicted molar refractivity (Wildman–Crippen MR) is 96.9 cm³/mol. The number of rotatable bonds is 4. The molecule has 2 rings (SSSR count). The number of hydrogen-bond donors (Lipinski definition) is 1. The fourth-order valence-electron chi connectivity index (χ4n) is 2.75. The Balaban J connectivity index is 1.94. The molecular weight excluding hydrogens is 352 g/mol. The zero-order valence-corrected chi connectivity index (χ0v) is 16.1.